The van der Waals surface area contributed by atoms with Crippen LogP contribution in [0.5, 0.6) is 0 Å². The lowest BCUT2D eigenvalue weighted by molar-refractivity contribution is 0.149. The summed E-state index contributed by atoms with van der Waals surface area (Å²) in [5, 5.41) is 0. The second-order valence-electron chi connectivity index (χ2n) is 5.59. The van der Waals surface area contributed by atoms with Gasteiger partial charge in [0.05, 0.1) is 0 Å². The van der Waals surface area contributed by atoms with Crippen molar-refractivity contribution < 1.29 is 0 Å². The molecule has 1 heterocycles. The van der Waals surface area contributed by atoms with E-state index in [1.54, 1.807) is 0 Å². The van der Waals surface area contributed by atoms with Gasteiger partial charge in [-0.1, -0.05) is 13.8 Å². The van der Waals surface area contributed by atoms with Crippen LogP contribution in [-0.2, 0) is 0 Å². The van der Waals surface area contributed by atoms with E-state index >= 15 is 0 Å². The fourth-order valence-corrected chi connectivity index (χ4v) is 3.13. The van der Waals surface area contributed by atoms with Crippen LogP contribution in [0.15, 0.2) is 0 Å². The van der Waals surface area contributed by atoms with Crippen molar-refractivity contribution in [1.29, 1.82) is 0 Å². The fourth-order valence-electron chi connectivity index (χ4n) is 2.58. The second kappa shape index (κ2) is 7.57. The third-order valence-corrected chi connectivity index (χ3v) is 3.95. The van der Waals surface area contributed by atoms with Gasteiger partial charge in [-0.2, -0.15) is 0 Å². The summed E-state index contributed by atoms with van der Waals surface area (Å²) in [6.45, 7) is 9.84. The van der Waals surface area contributed by atoms with Crippen LogP contribution < -0.4 is 0 Å². The fraction of sp³-hybridized carbons (Fsp3) is 1.00. The summed E-state index contributed by atoms with van der Waals surface area (Å²) in [6, 6.07) is 0. The van der Waals surface area contributed by atoms with Gasteiger partial charge < -0.3 is 4.90 Å². The van der Waals surface area contributed by atoms with E-state index in [-0.39, 0.29) is 0 Å². The Kier molecular flexibility index (Phi) is 6.78. The minimum Gasteiger partial charge on any atom is -0.303 e. The summed E-state index contributed by atoms with van der Waals surface area (Å²) in [4.78, 5) is 5.10. The molecule has 0 bridgehead atoms. The van der Waals surface area contributed by atoms with Gasteiger partial charge in [0.2, 0.25) is 0 Å². The number of likely N-dealkylation sites (tertiary alicyclic amines) is 1. The predicted molar refractivity (Wildman–Crippen MR) is 75.0 cm³/mol. The molecule has 0 spiro atoms. The number of thioether (sulfide) groups is 1. The van der Waals surface area contributed by atoms with Crippen LogP contribution in [0.4, 0.5) is 0 Å². The molecular weight excluding hydrogens is 216 g/mol. The Morgan fingerprint density at radius 1 is 1.31 bits per heavy atom. The van der Waals surface area contributed by atoms with E-state index in [4.69, 9.17) is 0 Å². The van der Waals surface area contributed by atoms with Crippen molar-refractivity contribution >= 4 is 11.8 Å². The third-order valence-electron chi connectivity index (χ3n) is 3.25. The van der Waals surface area contributed by atoms with Gasteiger partial charge in [-0.3, -0.25) is 4.90 Å². The van der Waals surface area contributed by atoms with Crippen LogP contribution in [0.3, 0.4) is 0 Å². The van der Waals surface area contributed by atoms with Gasteiger partial charge in [0.15, 0.2) is 0 Å². The smallest absolute Gasteiger partial charge is 0.0438 e. The topological polar surface area (TPSA) is 6.48 Å². The van der Waals surface area contributed by atoms with E-state index in [0.717, 1.165) is 11.8 Å². The molecule has 0 aromatic carbocycles. The molecule has 0 amide bonds. The van der Waals surface area contributed by atoms with E-state index < -0.39 is 0 Å². The first kappa shape index (κ1) is 14.3. The summed E-state index contributed by atoms with van der Waals surface area (Å²) in [7, 11) is 2.25. The minimum absolute atomic E-state index is 0.815. The van der Waals surface area contributed by atoms with Crippen LogP contribution in [0.25, 0.3) is 0 Å². The highest BCUT2D eigenvalue weighted by molar-refractivity contribution is 7.98. The van der Waals surface area contributed by atoms with Crippen molar-refractivity contribution in [2.24, 2.45) is 11.8 Å². The van der Waals surface area contributed by atoms with Crippen molar-refractivity contribution in [3.05, 3.63) is 0 Å². The van der Waals surface area contributed by atoms with Crippen LogP contribution in [-0.4, -0.2) is 55.2 Å². The van der Waals surface area contributed by atoms with Gasteiger partial charge in [0.25, 0.3) is 0 Å². The molecule has 0 saturated carbocycles. The van der Waals surface area contributed by atoms with Crippen molar-refractivity contribution in [2.45, 2.75) is 26.7 Å². The van der Waals surface area contributed by atoms with E-state index in [9.17, 15) is 0 Å². The molecule has 1 saturated heterocycles. The van der Waals surface area contributed by atoms with Crippen molar-refractivity contribution in [1.82, 2.24) is 9.80 Å². The van der Waals surface area contributed by atoms with Gasteiger partial charge in [0, 0.05) is 19.0 Å². The average molecular weight is 244 g/mol. The van der Waals surface area contributed by atoms with Gasteiger partial charge >= 0.3 is 0 Å². The molecule has 0 aromatic rings. The maximum Gasteiger partial charge on any atom is 0.0438 e. The Balaban J connectivity index is 2.16. The molecule has 2 nitrogen and oxygen atoms in total. The first-order valence-electron chi connectivity index (χ1n) is 6.51. The number of nitrogens with zero attached hydrogens (tertiary/aromatic N) is 2. The summed E-state index contributed by atoms with van der Waals surface area (Å²) < 4.78 is 0. The highest BCUT2D eigenvalue weighted by Crippen LogP contribution is 2.19. The maximum atomic E-state index is 2.63. The molecule has 1 rings (SSSR count). The number of hydrogen-bond donors (Lipinski definition) is 0. The maximum absolute atomic E-state index is 2.63. The molecular formula is C13H28N2S. The Bertz CT molecular complexity index is 177. The highest BCUT2D eigenvalue weighted by atomic mass is 32.2. The highest BCUT2D eigenvalue weighted by Gasteiger charge is 2.20. The molecule has 3 heteroatoms. The zero-order valence-corrected chi connectivity index (χ0v) is 12.2. The van der Waals surface area contributed by atoms with E-state index in [1.807, 2.05) is 11.8 Å². The molecule has 1 fully saturated rings. The zero-order chi connectivity index (χ0) is 12.0. The van der Waals surface area contributed by atoms with Gasteiger partial charge in [-0.25, -0.2) is 0 Å². The van der Waals surface area contributed by atoms with Gasteiger partial charge in [0.1, 0.15) is 0 Å². The lowest BCUT2D eigenvalue weighted by Crippen LogP contribution is -2.39. The van der Waals surface area contributed by atoms with Crippen molar-refractivity contribution in [3.63, 3.8) is 0 Å². The summed E-state index contributed by atoms with van der Waals surface area (Å²) in [5.41, 5.74) is 0. The van der Waals surface area contributed by atoms with Crippen LogP contribution in [0.1, 0.15) is 26.7 Å². The lowest BCUT2D eigenvalue weighted by Gasteiger charge is -2.34. The Morgan fingerprint density at radius 3 is 2.44 bits per heavy atom. The molecule has 16 heavy (non-hydrogen) atoms. The van der Waals surface area contributed by atoms with Crippen molar-refractivity contribution in [2.75, 3.05) is 45.4 Å². The van der Waals surface area contributed by atoms with Gasteiger partial charge in [-0.05, 0) is 51.1 Å². The van der Waals surface area contributed by atoms with Crippen LogP contribution >= 0.6 is 11.8 Å². The largest absolute Gasteiger partial charge is 0.303 e. The summed E-state index contributed by atoms with van der Waals surface area (Å²) >= 11 is 1.92. The Morgan fingerprint density at radius 2 is 1.94 bits per heavy atom. The van der Waals surface area contributed by atoms with Crippen LogP contribution in [0, 0.1) is 11.8 Å². The molecule has 1 aliphatic heterocycles. The quantitative estimate of drug-likeness (QED) is 0.663. The minimum atomic E-state index is 0.815. The SMILES string of the molecule is CSCN(C)CC1CCN(CC(C)C)CC1. The molecule has 0 N–H and O–H groups in total. The zero-order valence-electron chi connectivity index (χ0n) is 11.4. The second-order valence-corrected chi connectivity index (χ2v) is 6.43. The van der Waals surface area contributed by atoms with Crippen LogP contribution in [0.2, 0.25) is 0 Å². The summed E-state index contributed by atoms with van der Waals surface area (Å²) in [6.07, 6.45) is 4.97. The number of rotatable bonds is 6. The molecule has 0 aliphatic carbocycles. The van der Waals surface area contributed by atoms with Gasteiger partial charge in [-0.15, -0.1) is 11.8 Å². The standard InChI is InChI=1S/C13H28N2S/c1-12(2)9-15-7-5-13(6-8-15)10-14(3)11-16-4/h12-13H,5-11H2,1-4H3. The van der Waals surface area contributed by atoms with E-state index in [1.165, 1.54) is 44.9 Å². The summed E-state index contributed by atoms with van der Waals surface area (Å²) in [5.74, 6) is 2.92. The third kappa shape index (κ3) is 5.55. The monoisotopic (exact) mass is 244 g/mol. The molecule has 96 valence electrons. The average Bonchev–Trinajstić information content (AvgIpc) is 2.20. The molecule has 0 aromatic heterocycles. The lowest BCUT2D eigenvalue weighted by atomic mass is 9.96. The number of piperidine rings is 1. The predicted octanol–water partition coefficient (Wildman–Crippen LogP) is 2.61. The first-order valence-corrected chi connectivity index (χ1v) is 7.91. The van der Waals surface area contributed by atoms with Crippen molar-refractivity contribution in [3.8, 4) is 0 Å². The normalized spacial score (nSPS) is 19.9. The number of hydrogen-bond acceptors (Lipinski definition) is 3. The molecule has 1 aliphatic rings. The Labute approximate surface area is 106 Å². The van der Waals surface area contributed by atoms with E-state index in [0.29, 0.717) is 0 Å². The van der Waals surface area contributed by atoms with E-state index in [2.05, 4.69) is 37.0 Å². The molecule has 0 radical (unpaired) electrons. The molecule has 0 atom stereocenters. The molecule has 0 unspecified atom stereocenters. The Hall–Kier alpha value is 0.270. The first-order chi connectivity index (χ1) is 7.61.